The summed E-state index contributed by atoms with van der Waals surface area (Å²) in [5.74, 6) is -0.753. The van der Waals surface area contributed by atoms with E-state index in [-0.39, 0.29) is 12.2 Å². The van der Waals surface area contributed by atoms with Gasteiger partial charge in [-0.3, -0.25) is 0 Å². The van der Waals surface area contributed by atoms with Gasteiger partial charge in [0.2, 0.25) is 0 Å². The summed E-state index contributed by atoms with van der Waals surface area (Å²) in [5, 5.41) is 20.2. The van der Waals surface area contributed by atoms with Crippen LogP contribution in [0.1, 0.15) is 20.8 Å². The molecule has 0 spiro atoms. The van der Waals surface area contributed by atoms with Crippen molar-refractivity contribution in [3.05, 3.63) is 0 Å². The molecule has 0 unspecified atom stereocenters. The molecule has 2 saturated heterocycles. The Bertz CT molecular complexity index is 300. The topological polar surface area (TPSA) is 71.5 Å². The average Bonchev–Trinajstić information content (AvgIpc) is 2.82. The molecular weight excluding hydrogens is 200 g/mol. The Hall–Kier alpha value is -0.200. The highest BCUT2D eigenvalue weighted by atomic mass is 16.8. The summed E-state index contributed by atoms with van der Waals surface area (Å²) in [6, 6.07) is 0. The van der Waals surface area contributed by atoms with Crippen LogP contribution in [-0.2, 0) is 14.2 Å². The lowest BCUT2D eigenvalue weighted by Crippen LogP contribution is -2.59. The molecule has 5 nitrogen and oxygen atoms in total. The fraction of sp³-hybridized carbons (Fsp3) is 1.00. The number of hydrogen-bond donors (Lipinski definition) is 2. The molecular formula is C10H16O5. The van der Waals surface area contributed by atoms with Gasteiger partial charge in [0.05, 0.1) is 0 Å². The largest absolute Gasteiger partial charge is 0.387 e. The number of epoxide rings is 1. The second-order valence-corrected chi connectivity index (χ2v) is 5.26. The van der Waals surface area contributed by atoms with Gasteiger partial charge in [0.1, 0.15) is 36.1 Å². The number of aliphatic hydroxyl groups is 2. The van der Waals surface area contributed by atoms with Crippen molar-refractivity contribution in [3.8, 4) is 0 Å². The van der Waals surface area contributed by atoms with Crippen molar-refractivity contribution in [1.29, 1.82) is 0 Å². The lowest BCUT2D eigenvalue weighted by atomic mass is 9.80. The van der Waals surface area contributed by atoms with E-state index in [1.807, 2.05) is 0 Å². The molecule has 6 atom stereocenters. The minimum Gasteiger partial charge on any atom is -0.387 e. The Labute approximate surface area is 87.9 Å². The molecule has 0 aromatic heterocycles. The van der Waals surface area contributed by atoms with Crippen LogP contribution in [0.2, 0.25) is 0 Å². The highest BCUT2D eigenvalue weighted by molar-refractivity contribution is 5.17. The Balaban J connectivity index is 1.94. The van der Waals surface area contributed by atoms with Crippen molar-refractivity contribution in [1.82, 2.24) is 0 Å². The van der Waals surface area contributed by atoms with Gasteiger partial charge < -0.3 is 24.4 Å². The molecule has 2 aliphatic heterocycles. The maximum absolute atomic E-state index is 10.3. The molecule has 3 aliphatic rings. The molecule has 86 valence electrons. The van der Waals surface area contributed by atoms with E-state index >= 15 is 0 Å². The van der Waals surface area contributed by atoms with Gasteiger partial charge >= 0.3 is 0 Å². The summed E-state index contributed by atoms with van der Waals surface area (Å²) in [6.45, 7) is 5.23. The Kier molecular flexibility index (Phi) is 1.70. The maximum Gasteiger partial charge on any atom is 0.164 e. The van der Waals surface area contributed by atoms with Crippen molar-refractivity contribution >= 4 is 0 Å². The lowest BCUT2D eigenvalue weighted by molar-refractivity contribution is -0.171. The van der Waals surface area contributed by atoms with Crippen LogP contribution in [0, 0.1) is 0 Å². The van der Waals surface area contributed by atoms with Crippen LogP contribution in [0.4, 0.5) is 0 Å². The first kappa shape index (κ1) is 9.99. The molecule has 15 heavy (non-hydrogen) atoms. The summed E-state index contributed by atoms with van der Waals surface area (Å²) in [5.41, 5.74) is -1.08. The van der Waals surface area contributed by atoms with E-state index in [4.69, 9.17) is 14.2 Å². The summed E-state index contributed by atoms with van der Waals surface area (Å²) in [7, 11) is 0. The maximum atomic E-state index is 10.3. The number of rotatable bonds is 0. The van der Waals surface area contributed by atoms with Gasteiger partial charge in [-0.1, -0.05) is 0 Å². The van der Waals surface area contributed by atoms with E-state index in [2.05, 4.69) is 0 Å². The minimum absolute atomic E-state index is 0.307. The third kappa shape index (κ3) is 1.21. The summed E-state index contributed by atoms with van der Waals surface area (Å²) >= 11 is 0. The van der Waals surface area contributed by atoms with Crippen LogP contribution >= 0.6 is 0 Å². The summed E-state index contributed by atoms with van der Waals surface area (Å²) in [4.78, 5) is 0. The molecule has 0 amide bonds. The first-order valence-corrected chi connectivity index (χ1v) is 5.24. The smallest absolute Gasteiger partial charge is 0.164 e. The zero-order chi connectivity index (χ0) is 11.0. The van der Waals surface area contributed by atoms with Gasteiger partial charge in [-0.2, -0.15) is 0 Å². The molecule has 2 N–H and O–H groups in total. The van der Waals surface area contributed by atoms with E-state index in [1.54, 1.807) is 20.8 Å². The fourth-order valence-electron chi connectivity index (χ4n) is 2.69. The van der Waals surface area contributed by atoms with Crippen molar-refractivity contribution in [3.63, 3.8) is 0 Å². The van der Waals surface area contributed by atoms with Crippen molar-refractivity contribution < 1.29 is 24.4 Å². The quantitative estimate of drug-likeness (QED) is 0.529. The standard InChI is InChI=1S/C10H16O5/c1-9(2)14-6-4(11)5-7(13-5)10(3,12)8(6)15-9/h4-8,11-12H,1-3H3/t4-,5+,6+,7+,8+,10+/m1/s1. The molecule has 0 aromatic carbocycles. The van der Waals surface area contributed by atoms with Gasteiger partial charge in [0, 0.05) is 0 Å². The zero-order valence-electron chi connectivity index (χ0n) is 9.01. The molecule has 2 heterocycles. The Morgan fingerprint density at radius 1 is 1.00 bits per heavy atom. The first-order chi connectivity index (χ1) is 6.83. The predicted molar refractivity (Wildman–Crippen MR) is 49.1 cm³/mol. The fourth-order valence-corrected chi connectivity index (χ4v) is 2.69. The van der Waals surface area contributed by atoms with Crippen LogP contribution in [0.3, 0.4) is 0 Å². The number of aliphatic hydroxyl groups excluding tert-OH is 1. The van der Waals surface area contributed by atoms with Gasteiger partial charge in [-0.25, -0.2) is 0 Å². The van der Waals surface area contributed by atoms with Crippen LogP contribution in [0.15, 0.2) is 0 Å². The zero-order valence-corrected chi connectivity index (χ0v) is 9.01. The number of fused-ring (bicyclic) bond motifs is 2. The molecule has 3 rings (SSSR count). The van der Waals surface area contributed by atoms with Gasteiger partial charge in [-0.15, -0.1) is 0 Å². The van der Waals surface area contributed by atoms with Gasteiger partial charge in [0.15, 0.2) is 5.79 Å². The lowest BCUT2D eigenvalue weighted by Gasteiger charge is -2.35. The Morgan fingerprint density at radius 3 is 2.33 bits per heavy atom. The van der Waals surface area contributed by atoms with Crippen molar-refractivity contribution in [2.75, 3.05) is 0 Å². The number of hydrogen-bond acceptors (Lipinski definition) is 5. The van der Waals surface area contributed by atoms with Crippen LogP contribution in [0.5, 0.6) is 0 Å². The van der Waals surface area contributed by atoms with E-state index in [0.29, 0.717) is 0 Å². The average molecular weight is 216 g/mol. The van der Waals surface area contributed by atoms with Crippen LogP contribution < -0.4 is 0 Å². The molecule has 1 aliphatic carbocycles. The van der Waals surface area contributed by atoms with Crippen LogP contribution in [0.25, 0.3) is 0 Å². The second kappa shape index (κ2) is 2.55. The summed E-state index contributed by atoms with van der Waals surface area (Å²) < 4.78 is 16.5. The van der Waals surface area contributed by atoms with Gasteiger partial charge in [-0.05, 0) is 20.8 Å². The molecule has 1 saturated carbocycles. The monoisotopic (exact) mass is 216 g/mol. The normalized spacial score (nSPS) is 61.0. The van der Waals surface area contributed by atoms with E-state index in [1.165, 1.54) is 0 Å². The van der Waals surface area contributed by atoms with Crippen LogP contribution in [-0.4, -0.2) is 52.1 Å². The molecule has 0 aromatic rings. The third-order valence-electron chi connectivity index (χ3n) is 3.48. The third-order valence-corrected chi connectivity index (χ3v) is 3.48. The van der Waals surface area contributed by atoms with Crippen molar-refractivity contribution in [2.24, 2.45) is 0 Å². The molecule has 0 radical (unpaired) electrons. The molecule has 5 heteroatoms. The highest BCUT2D eigenvalue weighted by Crippen LogP contribution is 2.50. The highest BCUT2D eigenvalue weighted by Gasteiger charge is 2.70. The SMILES string of the molecule is CC1(C)O[C@H]2[C@H](O)[C@@H]3O[C@@H]3[C@](C)(O)[C@H]2O1. The second-order valence-electron chi connectivity index (χ2n) is 5.26. The Morgan fingerprint density at radius 2 is 1.67 bits per heavy atom. The first-order valence-electron chi connectivity index (χ1n) is 5.24. The van der Waals surface area contributed by atoms with E-state index in [0.717, 1.165) is 0 Å². The summed E-state index contributed by atoms with van der Waals surface area (Å²) in [6.07, 6.45) is -2.36. The predicted octanol–water partition coefficient (Wildman–Crippen LogP) is -0.601. The molecule has 3 fully saturated rings. The van der Waals surface area contributed by atoms with E-state index in [9.17, 15) is 10.2 Å². The number of ether oxygens (including phenoxy) is 3. The van der Waals surface area contributed by atoms with E-state index < -0.39 is 29.7 Å². The molecule has 0 bridgehead atoms. The van der Waals surface area contributed by atoms with Gasteiger partial charge in [0.25, 0.3) is 0 Å². The van der Waals surface area contributed by atoms with Crippen molar-refractivity contribution in [2.45, 2.75) is 62.7 Å². The minimum atomic E-state index is -1.08.